The fourth-order valence-electron chi connectivity index (χ4n) is 2.65. The highest BCUT2D eigenvalue weighted by Gasteiger charge is 2.16. The normalized spacial score (nSPS) is 13.6. The zero-order valence-corrected chi connectivity index (χ0v) is 11.9. The maximum Gasteiger partial charge on any atom is 0.259 e. The molecule has 0 spiro atoms. The molecule has 0 bridgehead atoms. The number of anilines is 1. The van der Waals surface area contributed by atoms with E-state index in [0.29, 0.717) is 5.56 Å². The molecule has 3 N–H and O–H groups in total. The molecule has 2 aromatic carbocycles. The number of phenolic OH excluding ortho intramolecular Hbond substituents is 1. The summed E-state index contributed by atoms with van der Waals surface area (Å²) in [5, 5.41) is 16.1. The Hall–Kier alpha value is -2.33. The van der Waals surface area contributed by atoms with Crippen LogP contribution >= 0.6 is 0 Å². The van der Waals surface area contributed by atoms with E-state index in [2.05, 4.69) is 16.7 Å². The van der Waals surface area contributed by atoms with Crippen LogP contribution in [0.25, 0.3) is 0 Å². The van der Waals surface area contributed by atoms with Gasteiger partial charge in [-0.25, -0.2) is 0 Å². The number of hydrogen-bond donors (Lipinski definition) is 3. The van der Waals surface area contributed by atoms with Crippen molar-refractivity contribution in [1.29, 1.82) is 0 Å². The van der Waals surface area contributed by atoms with Crippen molar-refractivity contribution >= 4 is 11.6 Å². The number of carbonyl (C=O) groups excluding carboxylic acids is 1. The van der Waals surface area contributed by atoms with Crippen molar-refractivity contribution in [1.82, 2.24) is 5.32 Å². The Bertz CT molecular complexity index is 695. The lowest BCUT2D eigenvalue weighted by Crippen LogP contribution is -2.25. The van der Waals surface area contributed by atoms with Crippen LogP contribution in [0.1, 0.15) is 27.0 Å². The van der Waals surface area contributed by atoms with E-state index in [9.17, 15) is 9.90 Å². The summed E-state index contributed by atoms with van der Waals surface area (Å²) in [6.45, 7) is 3.61. The zero-order chi connectivity index (χ0) is 14.8. The molecule has 108 valence electrons. The third kappa shape index (κ3) is 2.76. The topological polar surface area (TPSA) is 61.4 Å². The lowest BCUT2D eigenvalue weighted by atomic mass is 9.99. The second-order valence-electron chi connectivity index (χ2n) is 5.34. The molecule has 0 radical (unpaired) electrons. The second kappa shape index (κ2) is 5.58. The molecule has 0 fully saturated rings. The van der Waals surface area contributed by atoms with E-state index in [1.807, 2.05) is 19.1 Å². The Balaban J connectivity index is 1.90. The highest BCUT2D eigenvalue weighted by Crippen LogP contribution is 2.25. The highest BCUT2D eigenvalue weighted by atomic mass is 16.3. The smallest absolute Gasteiger partial charge is 0.259 e. The SMILES string of the molecule is Cc1ccc(O)c(C(=O)Nc2cccc3c2CNCC3)c1. The number of aryl methyl sites for hydroxylation is 1. The molecule has 2 aromatic rings. The lowest BCUT2D eigenvalue weighted by Gasteiger charge is -2.20. The predicted molar refractivity (Wildman–Crippen MR) is 82.6 cm³/mol. The monoisotopic (exact) mass is 282 g/mol. The number of rotatable bonds is 2. The number of nitrogens with one attached hydrogen (secondary N) is 2. The summed E-state index contributed by atoms with van der Waals surface area (Å²) >= 11 is 0. The molecule has 1 heterocycles. The summed E-state index contributed by atoms with van der Waals surface area (Å²) in [5.41, 5.74) is 4.45. The average molecular weight is 282 g/mol. The molecule has 3 rings (SSSR count). The van der Waals surface area contributed by atoms with Gasteiger partial charge in [0.15, 0.2) is 0 Å². The van der Waals surface area contributed by atoms with Crippen LogP contribution in [0.15, 0.2) is 36.4 Å². The number of phenols is 1. The first-order chi connectivity index (χ1) is 10.1. The number of benzene rings is 2. The minimum atomic E-state index is -0.282. The molecule has 0 saturated carbocycles. The van der Waals surface area contributed by atoms with Gasteiger partial charge in [0.1, 0.15) is 5.75 Å². The van der Waals surface area contributed by atoms with Gasteiger partial charge in [-0.15, -0.1) is 0 Å². The van der Waals surface area contributed by atoms with Crippen LogP contribution in [0.5, 0.6) is 5.75 Å². The van der Waals surface area contributed by atoms with Gasteiger partial charge < -0.3 is 15.7 Å². The fraction of sp³-hybridized carbons (Fsp3) is 0.235. The summed E-state index contributed by atoms with van der Waals surface area (Å²) < 4.78 is 0. The van der Waals surface area contributed by atoms with Gasteiger partial charge >= 0.3 is 0 Å². The number of carbonyl (C=O) groups is 1. The van der Waals surface area contributed by atoms with E-state index in [-0.39, 0.29) is 11.7 Å². The van der Waals surface area contributed by atoms with Gasteiger partial charge in [-0.05, 0) is 49.2 Å². The first-order valence-corrected chi connectivity index (χ1v) is 7.07. The summed E-state index contributed by atoms with van der Waals surface area (Å²) in [7, 11) is 0. The van der Waals surface area contributed by atoms with Gasteiger partial charge in [0.05, 0.1) is 5.56 Å². The number of fused-ring (bicyclic) bond motifs is 1. The molecule has 21 heavy (non-hydrogen) atoms. The predicted octanol–water partition coefficient (Wildman–Crippen LogP) is 2.60. The largest absolute Gasteiger partial charge is 0.507 e. The van der Waals surface area contributed by atoms with Crippen LogP contribution < -0.4 is 10.6 Å². The van der Waals surface area contributed by atoms with E-state index >= 15 is 0 Å². The first kappa shape index (κ1) is 13.6. The Labute approximate surface area is 123 Å². The zero-order valence-electron chi connectivity index (χ0n) is 11.9. The number of hydrogen-bond acceptors (Lipinski definition) is 3. The summed E-state index contributed by atoms with van der Waals surface area (Å²) in [6, 6.07) is 11.0. The van der Waals surface area contributed by atoms with Crippen LogP contribution in [0.4, 0.5) is 5.69 Å². The molecule has 4 nitrogen and oxygen atoms in total. The molecular formula is C17H18N2O2. The van der Waals surface area contributed by atoms with Gasteiger partial charge in [-0.2, -0.15) is 0 Å². The van der Waals surface area contributed by atoms with E-state index < -0.39 is 0 Å². The van der Waals surface area contributed by atoms with E-state index in [1.54, 1.807) is 18.2 Å². The van der Waals surface area contributed by atoms with Gasteiger partial charge in [0.25, 0.3) is 5.91 Å². The molecule has 0 atom stereocenters. The first-order valence-electron chi connectivity index (χ1n) is 7.07. The van der Waals surface area contributed by atoms with E-state index in [0.717, 1.165) is 36.3 Å². The third-order valence-electron chi connectivity index (χ3n) is 3.79. The number of aromatic hydroxyl groups is 1. The van der Waals surface area contributed by atoms with Crippen LogP contribution in [0.3, 0.4) is 0 Å². The molecule has 0 aliphatic carbocycles. The maximum atomic E-state index is 12.4. The Kier molecular flexibility index (Phi) is 3.62. The minimum absolute atomic E-state index is 0.000948. The molecule has 1 aliphatic rings. The molecule has 0 saturated heterocycles. The van der Waals surface area contributed by atoms with Crippen molar-refractivity contribution in [3.8, 4) is 5.75 Å². The van der Waals surface area contributed by atoms with Crippen LogP contribution in [0, 0.1) is 6.92 Å². The summed E-state index contributed by atoms with van der Waals surface area (Å²) in [6.07, 6.45) is 0.967. The Morgan fingerprint density at radius 1 is 1.29 bits per heavy atom. The van der Waals surface area contributed by atoms with Gasteiger partial charge in [0, 0.05) is 12.2 Å². The molecule has 0 aromatic heterocycles. The van der Waals surface area contributed by atoms with Crippen molar-refractivity contribution in [3.63, 3.8) is 0 Å². The maximum absolute atomic E-state index is 12.4. The Morgan fingerprint density at radius 2 is 2.14 bits per heavy atom. The van der Waals surface area contributed by atoms with Crippen molar-refractivity contribution in [3.05, 3.63) is 58.7 Å². The molecular weight excluding hydrogens is 264 g/mol. The van der Waals surface area contributed by atoms with Crippen molar-refractivity contribution in [2.24, 2.45) is 0 Å². The van der Waals surface area contributed by atoms with Crippen molar-refractivity contribution < 1.29 is 9.90 Å². The molecule has 4 heteroatoms. The van der Waals surface area contributed by atoms with Gasteiger partial charge in [-0.3, -0.25) is 4.79 Å². The van der Waals surface area contributed by atoms with E-state index in [4.69, 9.17) is 0 Å². The van der Waals surface area contributed by atoms with Crippen molar-refractivity contribution in [2.75, 3.05) is 11.9 Å². The Morgan fingerprint density at radius 3 is 3.00 bits per heavy atom. The molecule has 0 unspecified atom stereocenters. The number of amides is 1. The minimum Gasteiger partial charge on any atom is -0.507 e. The fourth-order valence-corrected chi connectivity index (χ4v) is 2.65. The van der Waals surface area contributed by atoms with Crippen LogP contribution in [0.2, 0.25) is 0 Å². The van der Waals surface area contributed by atoms with Gasteiger partial charge in [-0.1, -0.05) is 23.8 Å². The van der Waals surface area contributed by atoms with Crippen molar-refractivity contribution in [2.45, 2.75) is 19.9 Å². The quantitative estimate of drug-likeness (QED) is 0.793. The standard InChI is InChI=1S/C17H18N2O2/c1-11-5-6-16(20)13(9-11)17(21)19-15-4-2-3-12-7-8-18-10-14(12)15/h2-6,9,18,20H,7-8,10H2,1H3,(H,19,21). The molecule has 1 amide bonds. The van der Waals surface area contributed by atoms with E-state index in [1.165, 1.54) is 5.56 Å². The van der Waals surface area contributed by atoms with Crippen LogP contribution in [-0.4, -0.2) is 17.6 Å². The van der Waals surface area contributed by atoms with Crippen LogP contribution in [-0.2, 0) is 13.0 Å². The highest BCUT2D eigenvalue weighted by molar-refractivity contribution is 6.06. The summed E-state index contributed by atoms with van der Waals surface area (Å²) in [5.74, 6) is -0.281. The lowest BCUT2D eigenvalue weighted by molar-refractivity contribution is 0.102. The van der Waals surface area contributed by atoms with Gasteiger partial charge in [0.2, 0.25) is 0 Å². The summed E-state index contributed by atoms with van der Waals surface area (Å²) in [4.78, 5) is 12.4. The average Bonchev–Trinajstić information content (AvgIpc) is 2.50. The second-order valence-corrected chi connectivity index (χ2v) is 5.34. The third-order valence-corrected chi connectivity index (χ3v) is 3.79. The molecule has 1 aliphatic heterocycles.